The predicted octanol–water partition coefficient (Wildman–Crippen LogP) is -1.74. The molecule has 236 valence electrons. The van der Waals surface area contributed by atoms with Crippen molar-refractivity contribution >= 4 is 11.9 Å². The van der Waals surface area contributed by atoms with Gasteiger partial charge in [0.25, 0.3) is 0 Å². The second kappa shape index (κ2) is 13.4. The van der Waals surface area contributed by atoms with E-state index in [0.717, 1.165) is 0 Å². The summed E-state index contributed by atoms with van der Waals surface area (Å²) in [6.45, 7) is -2.05. The molecule has 0 amide bonds. The van der Waals surface area contributed by atoms with Crippen LogP contribution in [0.2, 0.25) is 0 Å². The number of esters is 1. The number of aliphatic hydroxyl groups excluding tert-OH is 5. The molecule has 8 atom stereocenters. The third kappa shape index (κ3) is 6.67. The van der Waals surface area contributed by atoms with Crippen molar-refractivity contribution in [1.82, 2.24) is 0 Å². The van der Waals surface area contributed by atoms with Crippen molar-refractivity contribution in [3.8, 4) is 23.0 Å². The molecule has 2 saturated heterocycles. The number of carboxylic acids is 1. The molecule has 43 heavy (non-hydrogen) atoms. The summed E-state index contributed by atoms with van der Waals surface area (Å²) in [6.07, 6.45) is -11.1. The van der Waals surface area contributed by atoms with E-state index in [1.807, 2.05) is 0 Å². The summed E-state index contributed by atoms with van der Waals surface area (Å²) in [6, 6.07) is 7.55. The van der Waals surface area contributed by atoms with Gasteiger partial charge in [-0.2, -0.15) is 0 Å². The summed E-state index contributed by atoms with van der Waals surface area (Å²) < 4.78 is 38.1. The first-order valence-corrected chi connectivity index (χ1v) is 12.8. The Morgan fingerprint density at radius 2 is 1.53 bits per heavy atom. The first-order chi connectivity index (χ1) is 20.5. The zero-order valence-electron chi connectivity index (χ0n) is 22.9. The van der Waals surface area contributed by atoms with Crippen molar-refractivity contribution in [1.29, 1.82) is 0 Å². The third-order valence-electron chi connectivity index (χ3n) is 6.95. The molecule has 4 rings (SSSR count). The molecule has 0 spiro atoms. The molecule has 0 saturated carbocycles. The van der Waals surface area contributed by atoms with E-state index in [4.69, 9.17) is 38.3 Å². The van der Waals surface area contributed by atoms with E-state index in [0.29, 0.717) is 0 Å². The maximum atomic E-state index is 12.9. The molecule has 7 N–H and O–H groups in total. The summed E-state index contributed by atoms with van der Waals surface area (Å²) in [4.78, 5) is 24.1. The van der Waals surface area contributed by atoms with Crippen LogP contribution in [0, 0.1) is 0 Å². The average molecular weight is 613 g/mol. The number of aliphatic hydroxyl groups is 6. The minimum Gasteiger partial charge on any atom is -0.493 e. The molecule has 0 radical (unpaired) electrons. The van der Waals surface area contributed by atoms with Gasteiger partial charge >= 0.3 is 11.9 Å². The molecule has 2 fully saturated rings. The zero-order chi connectivity index (χ0) is 31.5. The Labute approximate surface area is 244 Å². The maximum absolute atomic E-state index is 12.9. The molecule has 16 nitrogen and oxygen atoms in total. The van der Waals surface area contributed by atoms with E-state index in [1.54, 1.807) is 0 Å². The van der Waals surface area contributed by atoms with E-state index in [9.17, 15) is 40.2 Å². The fraction of sp³-hybridized carbons (Fsp3) is 0.481. The topological polar surface area (TPSA) is 240 Å². The van der Waals surface area contributed by atoms with Gasteiger partial charge in [0.2, 0.25) is 6.29 Å². The zero-order valence-corrected chi connectivity index (χ0v) is 22.9. The second-order valence-corrected chi connectivity index (χ2v) is 9.74. The molecule has 2 aromatic rings. The molecule has 16 heteroatoms. The summed E-state index contributed by atoms with van der Waals surface area (Å²) in [5.41, 5.74) is -2.13. The smallest absolute Gasteiger partial charge is 0.343 e. The number of carboxylic acid groups (broad SMARTS) is 1. The molecule has 2 aliphatic rings. The van der Waals surface area contributed by atoms with Gasteiger partial charge in [0.1, 0.15) is 30.0 Å². The van der Waals surface area contributed by atoms with Crippen molar-refractivity contribution in [2.24, 2.45) is 0 Å². The quantitative estimate of drug-likeness (QED) is 0.110. The van der Waals surface area contributed by atoms with Crippen LogP contribution < -0.4 is 18.9 Å². The minimum atomic E-state index is -2.04. The molecule has 8 unspecified atom stereocenters. The molecule has 0 aliphatic carbocycles. The van der Waals surface area contributed by atoms with Gasteiger partial charge < -0.3 is 68.9 Å². The number of hydrogen-bond donors (Lipinski definition) is 7. The molecular formula is C27H32O16. The van der Waals surface area contributed by atoms with Crippen LogP contribution in [-0.4, -0.2) is 130 Å². The summed E-state index contributed by atoms with van der Waals surface area (Å²) in [5.74, 6) is -2.15. The van der Waals surface area contributed by atoms with Crippen LogP contribution in [0.25, 0.3) is 0 Å². The summed E-state index contributed by atoms with van der Waals surface area (Å²) >= 11 is 0. The van der Waals surface area contributed by atoms with E-state index >= 15 is 0 Å². The minimum absolute atomic E-state index is 0.00799. The van der Waals surface area contributed by atoms with Crippen LogP contribution in [0.15, 0.2) is 36.4 Å². The predicted molar refractivity (Wildman–Crippen MR) is 139 cm³/mol. The van der Waals surface area contributed by atoms with Crippen LogP contribution in [0.4, 0.5) is 0 Å². The van der Waals surface area contributed by atoms with Gasteiger partial charge in [-0.25, -0.2) is 9.59 Å². The third-order valence-corrected chi connectivity index (χ3v) is 6.95. The maximum Gasteiger partial charge on any atom is 0.343 e. The lowest BCUT2D eigenvalue weighted by Gasteiger charge is -2.42. The number of benzene rings is 2. The normalized spacial score (nSPS) is 30.5. The van der Waals surface area contributed by atoms with Crippen molar-refractivity contribution in [2.45, 2.75) is 48.7 Å². The lowest BCUT2D eigenvalue weighted by molar-refractivity contribution is -0.319. The van der Waals surface area contributed by atoms with Crippen LogP contribution >= 0.6 is 0 Å². The lowest BCUT2D eigenvalue weighted by atomic mass is 9.98. The van der Waals surface area contributed by atoms with Crippen LogP contribution in [-0.2, 0) is 14.2 Å². The first-order valence-electron chi connectivity index (χ1n) is 12.8. The Morgan fingerprint density at radius 1 is 0.907 bits per heavy atom. The largest absolute Gasteiger partial charge is 0.493 e. The van der Waals surface area contributed by atoms with E-state index in [1.165, 1.54) is 50.6 Å². The van der Waals surface area contributed by atoms with E-state index < -0.39 is 80.5 Å². The number of aromatic carboxylic acids is 1. The van der Waals surface area contributed by atoms with Gasteiger partial charge in [-0.3, -0.25) is 0 Å². The summed E-state index contributed by atoms with van der Waals surface area (Å²) in [7, 11) is 2.55. The molecular weight excluding hydrogens is 580 g/mol. The van der Waals surface area contributed by atoms with Gasteiger partial charge in [0.15, 0.2) is 35.4 Å². The monoisotopic (exact) mass is 612 g/mol. The Balaban J connectivity index is 1.55. The Bertz CT molecular complexity index is 1300. The molecule has 2 aliphatic heterocycles. The fourth-order valence-electron chi connectivity index (χ4n) is 4.42. The fourth-order valence-corrected chi connectivity index (χ4v) is 4.42. The van der Waals surface area contributed by atoms with Gasteiger partial charge in [-0.1, -0.05) is 0 Å². The SMILES string of the molecule is COc1cc(C(=O)O)ccc1OC(=O)c1ccc(OC2OC(CO)C(O)C(O)C2OC2OCC(O)(CO)C2O)c(OC)c1. The standard InChI is InChI=1S/C27H32O16/c1-37-16-7-12(23(33)34)3-5-14(16)40-24(35)13-4-6-15(17(8-13)38-2)41-25-21(20(31)19(30)18(9-28)42-25)43-26-22(32)27(36,10-29)11-39-26/h3-8,18-22,25-26,28-32,36H,9-11H2,1-2H3,(H,33,34). The lowest BCUT2D eigenvalue weighted by Crippen LogP contribution is -2.62. The highest BCUT2D eigenvalue weighted by Crippen LogP contribution is 2.36. The van der Waals surface area contributed by atoms with Crippen LogP contribution in [0.1, 0.15) is 20.7 Å². The molecule has 0 aromatic heterocycles. The van der Waals surface area contributed by atoms with Gasteiger partial charge in [-0.15, -0.1) is 0 Å². The van der Waals surface area contributed by atoms with Gasteiger partial charge in [-0.05, 0) is 36.4 Å². The number of carbonyl (C=O) groups is 2. The van der Waals surface area contributed by atoms with Crippen molar-refractivity contribution in [2.75, 3.05) is 34.0 Å². The number of carbonyl (C=O) groups excluding carboxylic acids is 1. The van der Waals surface area contributed by atoms with E-state index in [2.05, 4.69) is 0 Å². The van der Waals surface area contributed by atoms with Crippen LogP contribution in [0.5, 0.6) is 23.0 Å². The van der Waals surface area contributed by atoms with E-state index in [-0.39, 0.29) is 34.1 Å². The van der Waals surface area contributed by atoms with Gasteiger partial charge in [0, 0.05) is 0 Å². The first kappa shape index (κ1) is 32.3. The Hall–Kier alpha value is -3.58. The second-order valence-electron chi connectivity index (χ2n) is 9.74. The molecule has 2 heterocycles. The highest BCUT2D eigenvalue weighted by atomic mass is 16.8. The number of methoxy groups -OCH3 is 2. The number of ether oxygens (including phenoxy) is 7. The van der Waals surface area contributed by atoms with Gasteiger partial charge in [0.05, 0.1) is 45.2 Å². The highest BCUT2D eigenvalue weighted by molar-refractivity contribution is 5.93. The molecule has 2 aromatic carbocycles. The number of hydrogen-bond acceptors (Lipinski definition) is 15. The molecule has 0 bridgehead atoms. The number of rotatable bonds is 11. The average Bonchev–Trinajstić information content (AvgIpc) is 3.29. The Morgan fingerprint density at radius 3 is 2.14 bits per heavy atom. The van der Waals surface area contributed by atoms with Crippen molar-refractivity contribution in [3.63, 3.8) is 0 Å². The van der Waals surface area contributed by atoms with Crippen molar-refractivity contribution < 1.29 is 78.5 Å². The Kier molecular flexibility index (Phi) is 10.1. The van der Waals surface area contributed by atoms with Crippen molar-refractivity contribution in [3.05, 3.63) is 47.5 Å². The highest BCUT2D eigenvalue weighted by Gasteiger charge is 2.53. The summed E-state index contributed by atoms with van der Waals surface area (Å²) in [5, 5.41) is 70.0. The van der Waals surface area contributed by atoms with Crippen LogP contribution in [0.3, 0.4) is 0 Å².